The topological polar surface area (TPSA) is 60.2 Å². The van der Waals surface area contributed by atoms with E-state index in [9.17, 15) is 8.78 Å². The molecule has 2 rings (SSSR count). The van der Waals surface area contributed by atoms with Crippen LogP contribution in [0.25, 0.3) is 0 Å². The lowest BCUT2D eigenvalue weighted by Crippen LogP contribution is -2.24. The van der Waals surface area contributed by atoms with Gasteiger partial charge in [0.2, 0.25) is 5.89 Å². The molecule has 1 aromatic heterocycles. The minimum absolute atomic E-state index is 0.153. The average molecular weight is 311 g/mol. The van der Waals surface area contributed by atoms with Crippen molar-refractivity contribution in [2.24, 2.45) is 0 Å². The van der Waals surface area contributed by atoms with Crippen LogP contribution in [0.5, 0.6) is 5.75 Å². The molecule has 0 fully saturated rings. The number of hydrogen-bond acceptors (Lipinski definition) is 5. The maximum atomic E-state index is 12.1. The van der Waals surface area contributed by atoms with Crippen LogP contribution in [-0.4, -0.2) is 29.8 Å². The van der Waals surface area contributed by atoms with Gasteiger partial charge in [-0.3, -0.25) is 0 Å². The summed E-state index contributed by atoms with van der Waals surface area (Å²) in [6.07, 6.45) is 2.01. The van der Waals surface area contributed by atoms with Crippen molar-refractivity contribution in [2.75, 3.05) is 7.05 Å². The molecular weight excluding hydrogens is 292 g/mol. The Labute approximate surface area is 127 Å². The van der Waals surface area contributed by atoms with E-state index in [1.54, 1.807) is 12.1 Å². The second-order valence-corrected chi connectivity index (χ2v) is 5.02. The Bertz CT molecular complexity index is 572. The first-order valence-corrected chi connectivity index (χ1v) is 7.09. The van der Waals surface area contributed by atoms with Crippen molar-refractivity contribution in [3.63, 3.8) is 0 Å². The highest BCUT2D eigenvalue weighted by Gasteiger charge is 2.10. The first-order chi connectivity index (χ1) is 10.6. The average Bonchev–Trinajstić information content (AvgIpc) is 2.93. The molecule has 120 valence electrons. The highest BCUT2D eigenvalue weighted by atomic mass is 19.3. The van der Waals surface area contributed by atoms with E-state index in [4.69, 9.17) is 4.52 Å². The molecule has 0 spiro atoms. The van der Waals surface area contributed by atoms with Crippen LogP contribution >= 0.6 is 0 Å². The van der Waals surface area contributed by atoms with E-state index in [0.29, 0.717) is 31.0 Å². The Morgan fingerprint density at radius 2 is 1.95 bits per heavy atom. The number of hydrogen-bond donors (Lipinski definition) is 1. The van der Waals surface area contributed by atoms with E-state index in [-0.39, 0.29) is 11.8 Å². The Hall–Kier alpha value is -2.02. The molecule has 0 saturated carbocycles. The highest BCUT2D eigenvalue weighted by molar-refractivity contribution is 5.27. The number of rotatable bonds is 8. The van der Waals surface area contributed by atoms with Gasteiger partial charge in [-0.05, 0) is 38.1 Å². The number of benzene rings is 1. The van der Waals surface area contributed by atoms with Crippen molar-refractivity contribution in [1.82, 2.24) is 15.5 Å². The van der Waals surface area contributed by atoms with Crippen molar-refractivity contribution in [3.8, 4) is 5.75 Å². The van der Waals surface area contributed by atoms with Crippen molar-refractivity contribution in [3.05, 3.63) is 41.5 Å². The number of aryl methyl sites for hydroxylation is 2. The number of ether oxygens (including phenoxy) is 1. The summed E-state index contributed by atoms with van der Waals surface area (Å²) in [5, 5.41) is 7.05. The van der Waals surface area contributed by atoms with Gasteiger partial charge in [-0.25, -0.2) is 0 Å². The van der Waals surface area contributed by atoms with E-state index in [1.165, 1.54) is 12.1 Å². The van der Waals surface area contributed by atoms with Gasteiger partial charge in [-0.15, -0.1) is 0 Å². The summed E-state index contributed by atoms with van der Waals surface area (Å²) in [4.78, 5) is 4.33. The first kappa shape index (κ1) is 16.4. The van der Waals surface area contributed by atoms with E-state index < -0.39 is 6.61 Å². The monoisotopic (exact) mass is 311 g/mol. The van der Waals surface area contributed by atoms with Crippen LogP contribution in [0.3, 0.4) is 0 Å². The second-order valence-electron chi connectivity index (χ2n) is 5.02. The molecule has 1 N–H and O–H groups in total. The third-order valence-corrected chi connectivity index (χ3v) is 3.27. The molecule has 0 aliphatic carbocycles. The van der Waals surface area contributed by atoms with E-state index >= 15 is 0 Å². The predicted molar refractivity (Wildman–Crippen MR) is 77.0 cm³/mol. The fraction of sp³-hybridized carbons (Fsp3) is 0.467. The normalized spacial score (nSPS) is 12.6. The van der Waals surface area contributed by atoms with Gasteiger partial charge in [0, 0.05) is 18.9 Å². The zero-order chi connectivity index (χ0) is 15.9. The van der Waals surface area contributed by atoms with E-state index in [1.807, 2.05) is 14.0 Å². The lowest BCUT2D eigenvalue weighted by Gasteiger charge is -2.05. The van der Waals surface area contributed by atoms with Crippen molar-refractivity contribution in [1.29, 1.82) is 0 Å². The maximum Gasteiger partial charge on any atom is 0.387 e. The smallest absolute Gasteiger partial charge is 0.387 e. The fourth-order valence-electron chi connectivity index (χ4n) is 1.94. The molecule has 7 heteroatoms. The van der Waals surface area contributed by atoms with Gasteiger partial charge in [-0.2, -0.15) is 13.8 Å². The molecular formula is C15H19F2N3O2. The van der Waals surface area contributed by atoms with Crippen LogP contribution in [0.4, 0.5) is 8.78 Å². The second kappa shape index (κ2) is 7.84. The van der Waals surface area contributed by atoms with Crippen LogP contribution in [0.15, 0.2) is 28.8 Å². The summed E-state index contributed by atoms with van der Waals surface area (Å²) < 4.78 is 33.6. The number of aromatic nitrogens is 2. The Balaban J connectivity index is 1.85. The SMILES string of the molecule is CNC(C)Cc1noc(CCc2ccc(OC(F)F)cc2)n1. The lowest BCUT2D eigenvalue weighted by molar-refractivity contribution is -0.0498. The van der Waals surface area contributed by atoms with Gasteiger partial charge in [0.1, 0.15) is 5.75 Å². The molecule has 22 heavy (non-hydrogen) atoms. The van der Waals surface area contributed by atoms with Gasteiger partial charge in [-0.1, -0.05) is 17.3 Å². The Morgan fingerprint density at radius 1 is 1.23 bits per heavy atom. The molecule has 0 saturated heterocycles. The van der Waals surface area contributed by atoms with Crippen LogP contribution < -0.4 is 10.1 Å². The lowest BCUT2D eigenvalue weighted by atomic mass is 10.1. The Kier molecular flexibility index (Phi) is 5.83. The largest absolute Gasteiger partial charge is 0.435 e. The summed E-state index contributed by atoms with van der Waals surface area (Å²) in [6.45, 7) is -0.762. The first-order valence-electron chi connectivity index (χ1n) is 7.09. The molecule has 0 bridgehead atoms. The molecule has 1 heterocycles. The van der Waals surface area contributed by atoms with Crippen molar-refractivity contribution < 1.29 is 18.0 Å². The third-order valence-electron chi connectivity index (χ3n) is 3.27. The van der Waals surface area contributed by atoms with Crippen LogP contribution in [0, 0.1) is 0 Å². The molecule has 1 unspecified atom stereocenters. The van der Waals surface area contributed by atoms with E-state index in [2.05, 4.69) is 20.2 Å². The standard InChI is InChI=1S/C15H19F2N3O2/c1-10(18-2)9-13-19-14(22-20-13)8-5-11-3-6-12(7-4-11)21-15(16)17/h3-4,6-7,10,15,18H,5,8-9H2,1-2H3. The summed E-state index contributed by atoms with van der Waals surface area (Å²) in [7, 11) is 1.88. The zero-order valence-corrected chi connectivity index (χ0v) is 12.6. The number of nitrogens with one attached hydrogen (secondary N) is 1. The molecule has 0 radical (unpaired) electrons. The summed E-state index contributed by atoms with van der Waals surface area (Å²) >= 11 is 0. The Morgan fingerprint density at radius 3 is 2.59 bits per heavy atom. The number of alkyl halides is 2. The number of halogens is 2. The molecule has 0 aliphatic rings. The fourth-order valence-corrected chi connectivity index (χ4v) is 1.94. The van der Waals surface area contributed by atoms with Crippen LogP contribution in [0.1, 0.15) is 24.2 Å². The molecule has 2 aromatic rings. The van der Waals surface area contributed by atoms with Gasteiger partial charge in [0.25, 0.3) is 0 Å². The predicted octanol–water partition coefficient (Wildman–Crippen LogP) is 2.61. The van der Waals surface area contributed by atoms with Crippen molar-refractivity contribution in [2.45, 2.75) is 38.8 Å². The van der Waals surface area contributed by atoms with E-state index in [0.717, 1.165) is 5.56 Å². The van der Waals surface area contributed by atoms with Gasteiger partial charge >= 0.3 is 6.61 Å². The quantitative estimate of drug-likeness (QED) is 0.812. The molecule has 1 aromatic carbocycles. The molecule has 1 atom stereocenters. The molecule has 0 aliphatic heterocycles. The number of likely N-dealkylation sites (N-methyl/N-ethyl adjacent to an activating group) is 1. The van der Waals surface area contributed by atoms with Crippen LogP contribution in [-0.2, 0) is 19.3 Å². The van der Waals surface area contributed by atoms with Gasteiger partial charge < -0.3 is 14.6 Å². The van der Waals surface area contributed by atoms with Crippen LogP contribution in [0.2, 0.25) is 0 Å². The minimum atomic E-state index is -2.80. The third kappa shape index (κ3) is 5.07. The van der Waals surface area contributed by atoms with Gasteiger partial charge in [0.15, 0.2) is 5.82 Å². The molecule has 5 nitrogen and oxygen atoms in total. The number of nitrogens with zero attached hydrogens (tertiary/aromatic N) is 2. The van der Waals surface area contributed by atoms with Crippen molar-refractivity contribution >= 4 is 0 Å². The summed E-state index contributed by atoms with van der Waals surface area (Å²) in [5.74, 6) is 1.41. The minimum Gasteiger partial charge on any atom is -0.435 e. The summed E-state index contributed by atoms with van der Waals surface area (Å²) in [5.41, 5.74) is 0.991. The summed E-state index contributed by atoms with van der Waals surface area (Å²) in [6, 6.07) is 6.83. The zero-order valence-electron chi connectivity index (χ0n) is 12.6. The highest BCUT2D eigenvalue weighted by Crippen LogP contribution is 2.16. The molecule has 0 amide bonds. The van der Waals surface area contributed by atoms with Gasteiger partial charge in [0.05, 0.1) is 0 Å². The maximum absolute atomic E-state index is 12.1.